The Balaban J connectivity index is 1.39. The highest BCUT2D eigenvalue weighted by molar-refractivity contribution is 5.82. The van der Waals surface area contributed by atoms with E-state index in [9.17, 15) is 23.9 Å². The van der Waals surface area contributed by atoms with Crippen LogP contribution in [0.3, 0.4) is 0 Å². The molecule has 0 aliphatic carbocycles. The van der Waals surface area contributed by atoms with Gasteiger partial charge in [0.1, 0.15) is 12.4 Å². The summed E-state index contributed by atoms with van der Waals surface area (Å²) in [4.78, 5) is 40.8. The number of likely N-dealkylation sites (tertiary alicyclic amines) is 2. The molecule has 2 aromatic carbocycles. The summed E-state index contributed by atoms with van der Waals surface area (Å²) in [5.74, 6) is -0.892. The number of ether oxygens (including phenoxy) is 1. The average molecular weight is 498 g/mol. The van der Waals surface area contributed by atoms with Gasteiger partial charge in [0, 0.05) is 32.2 Å². The molecule has 0 unspecified atom stereocenters. The van der Waals surface area contributed by atoms with Gasteiger partial charge in [-0.15, -0.1) is 0 Å². The quantitative estimate of drug-likeness (QED) is 0.631. The SMILES string of the molecule is O=C(N[C@@H]1CCN(C(=O)O)C[C@@H]1C(=O)N1CCC[C@@H](Cc2ccc(F)cc2)C1)OCc1ccccc1. The van der Waals surface area contributed by atoms with Gasteiger partial charge in [0.15, 0.2) is 0 Å². The molecule has 2 heterocycles. The number of nitrogens with zero attached hydrogens (tertiary/aromatic N) is 2. The van der Waals surface area contributed by atoms with Crippen LogP contribution in [0, 0.1) is 17.7 Å². The van der Waals surface area contributed by atoms with Crippen molar-refractivity contribution in [3.05, 3.63) is 71.5 Å². The molecule has 3 amide bonds. The van der Waals surface area contributed by atoms with Gasteiger partial charge in [0.2, 0.25) is 5.91 Å². The fourth-order valence-corrected chi connectivity index (χ4v) is 5.09. The van der Waals surface area contributed by atoms with Gasteiger partial charge in [-0.25, -0.2) is 14.0 Å². The number of rotatable bonds is 6. The minimum atomic E-state index is -1.08. The van der Waals surface area contributed by atoms with Gasteiger partial charge in [-0.05, 0) is 54.9 Å². The highest BCUT2D eigenvalue weighted by Gasteiger charge is 2.40. The van der Waals surface area contributed by atoms with Gasteiger partial charge in [-0.3, -0.25) is 4.79 Å². The van der Waals surface area contributed by atoms with Crippen molar-refractivity contribution in [3.63, 3.8) is 0 Å². The van der Waals surface area contributed by atoms with Crippen molar-refractivity contribution in [2.75, 3.05) is 26.2 Å². The molecule has 36 heavy (non-hydrogen) atoms. The summed E-state index contributed by atoms with van der Waals surface area (Å²) in [6, 6.07) is 15.2. The van der Waals surface area contributed by atoms with Crippen LogP contribution in [0.5, 0.6) is 0 Å². The Hall–Kier alpha value is -3.62. The molecular formula is C27H32FN3O5. The minimum Gasteiger partial charge on any atom is -0.465 e. The Bertz CT molecular complexity index is 1050. The summed E-state index contributed by atoms with van der Waals surface area (Å²) in [6.07, 6.45) is 1.16. The molecule has 0 aromatic heterocycles. The van der Waals surface area contributed by atoms with Crippen LogP contribution in [-0.4, -0.2) is 65.2 Å². The maximum absolute atomic E-state index is 13.6. The molecule has 2 aromatic rings. The molecule has 0 bridgehead atoms. The van der Waals surface area contributed by atoms with E-state index < -0.39 is 24.1 Å². The first-order valence-electron chi connectivity index (χ1n) is 12.4. The third-order valence-corrected chi connectivity index (χ3v) is 6.98. The monoisotopic (exact) mass is 497 g/mol. The summed E-state index contributed by atoms with van der Waals surface area (Å²) in [7, 11) is 0. The minimum absolute atomic E-state index is 0.0247. The van der Waals surface area contributed by atoms with Crippen LogP contribution in [0.4, 0.5) is 14.0 Å². The molecule has 4 rings (SSSR count). The lowest BCUT2D eigenvalue weighted by molar-refractivity contribution is -0.139. The van der Waals surface area contributed by atoms with E-state index in [1.165, 1.54) is 17.0 Å². The maximum atomic E-state index is 13.6. The van der Waals surface area contributed by atoms with Crippen molar-refractivity contribution in [2.45, 2.75) is 38.3 Å². The normalized spacial score (nSPS) is 22.1. The molecule has 8 nitrogen and oxygen atoms in total. The molecule has 2 fully saturated rings. The van der Waals surface area contributed by atoms with Gasteiger partial charge >= 0.3 is 12.2 Å². The molecule has 2 aliphatic heterocycles. The van der Waals surface area contributed by atoms with Crippen molar-refractivity contribution in [2.24, 2.45) is 11.8 Å². The van der Waals surface area contributed by atoms with Crippen LogP contribution in [-0.2, 0) is 22.6 Å². The largest absolute Gasteiger partial charge is 0.465 e. The van der Waals surface area contributed by atoms with E-state index in [1.807, 2.05) is 30.3 Å². The van der Waals surface area contributed by atoms with Gasteiger partial charge in [-0.2, -0.15) is 0 Å². The van der Waals surface area contributed by atoms with Crippen molar-refractivity contribution >= 4 is 18.1 Å². The van der Waals surface area contributed by atoms with Crippen LogP contribution in [0.15, 0.2) is 54.6 Å². The molecular weight excluding hydrogens is 465 g/mol. The Morgan fingerprint density at radius 3 is 2.42 bits per heavy atom. The van der Waals surface area contributed by atoms with Crippen LogP contribution in [0.25, 0.3) is 0 Å². The van der Waals surface area contributed by atoms with Gasteiger partial charge in [0.05, 0.1) is 5.92 Å². The molecule has 0 radical (unpaired) electrons. The molecule has 2 saturated heterocycles. The summed E-state index contributed by atoms with van der Waals surface area (Å²) < 4.78 is 18.6. The van der Waals surface area contributed by atoms with E-state index in [0.29, 0.717) is 19.5 Å². The highest BCUT2D eigenvalue weighted by atomic mass is 19.1. The average Bonchev–Trinajstić information content (AvgIpc) is 2.89. The van der Waals surface area contributed by atoms with E-state index in [0.717, 1.165) is 30.4 Å². The highest BCUT2D eigenvalue weighted by Crippen LogP contribution is 2.26. The van der Waals surface area contributed by atoms with Gasteiger partial charge in [-0.1, -0.05) is 42.5 Å². The van der Waals surface area contributed by atoms with Gasteiger partial charge in [0.25, 0.3) is 0 Å². The van der Waals surface area contributed by atoms with Crippen molar-refractivity contribution < 1.29 is 28.6 Å². The second kappa shape index (κ2) is 11.9. The molecule has 3 atom stereocenters. The number of piperidine rings is 2. The third kappa shape index (κ3) is 6.74. The Morgan fingerprint density at radius 2 is 1.69 bits per heavy atom. The summed E-state index contributed by atoms with van der Waals surface area (Å²) in [5, 5.41) is 12.3. The number of carbonyl (C=O) groups is 3. The van der Waals surface area contributed by atoms with Crippen LogP contribution >= 0.6 is 0 Å². The molecule has 9 heteroatoms. The van der Waals surface area contributed by atoms with E-state index in [1.54, 1.807) is 17.0 Å². The number of alkyl carbamates (subject to hydrolysis) is 1. The molecule has 192 valence electrons. The second-order valence-electron chi connectivity index (χ2n) is 9.56. The Labute approximate surface area is 210 Å². The summed E-state index contributed by atoms with van der Waals surface area (Å²) >= 11 is 0. The van der Waals surface area contributed by atoms with Crippen molar-refractivity contribution in [1.29, 1.82) is 0 Å². The number of halogens is 1. The van der Waals surface area contributed by atoms with Gasteiger partial charge < -0.3 is 25.0 Å². The van der Waals surface area contributed by atoms with Crippen LogP contribution < -0.4 is 5.32 Å². The molecule has 2 N–H and O–H groups in total. The van der Waals surface area contributed by atoms with E-state index in [-0.39, 0.29) is 37.3 Å². The predicted molar refractivity (Wildman–Crippen MR) is 131 cm³/mol. The molecule has 2 aliphatic rings. The van der Waals surface area contributed by atoms with E-state index in [4.69, 9.17) is 4.74 Å². The summed E-state index contributed by atoms with van der Waals surface area (Å²) in [6.45, 7) is 1.50. The Kier molecular flexibility index (Phi) is 8.40. The lowest BCUT2D eigenvalue weighted by Crippen LogP contribution is -2.58. The van der Waals surface area contributed by atoms with Crippen molar-refractivity contribution in [3.8, 4) is 0 Å². The van der Waals surface area contributed by atoms with E-state index >= 15 is 0 Å². The number of benzene rings is 2. The number of nitrogens with one attached hydrogen (secondary N) is 1. The first kappa shape index (κ1) is 25.5. The zero-order valence-electron chi connectivity index (χ0n) is 20.1. The maximum Gasteiger partial charge on any atom is 0.407 e. The zero-order valence-corrected chi connectivity index (χ0v) is 20.1. The fourth-order valence-electron chi connectivity index (χ4n) is 5.09. The van der Waals surface area contributed by atoms with Crippen molar-refractivity contribution in [1.82, 2.24) is 15.1 Å². The first-order chi connectivity index (χ1) is 17.4. The Morgan fingerprint density at radius 1 is 0.944 bits per heavy atom. The standard InChI is InChI=1S/C27H32FN3O5/c28-22-10-8-19(9-11-22)15-21-7-4-13-30(16-21)25(32)23-17-31(27(34)35)14-12-24(23)29-26(33)36-18-20-5-2-1-3-6-20/h1-3,5-6,8-11,21,23-24H,4,7,12-18H2,(H,29,33)(H,34,35)/t21-,23-,24+/m0/s1. The number of amides is 3. The van der Waals surface area contributed by atoms with E-state index in [2.05, 4.69) is 5.32 Å². The smallest absolute Gasteiger partial charge is 0.407 e. The van der Waals surface area contributed by atoms with Crippen LogP contribution in [0.1, 0.15) is 30.4 Å². The number of carboxylic acid groups (broad SMARTS) is 1. The zero-order chi connectivity index (χ0) is 25.5. The lowest BCUT2D eigenvalue weighted by Gasteiger charge is -2.41. The molecule has 0 spiro atoms. The molecule has 0 saturated carbocycles. The number of hydrogen-bond acceptors (Lipinski definition) is 4. The number of hydrogen-bond donors (Lipinski definition) is 2. The topological polar surface area (TPSA) is 99.2 Å². The van der Waals surface area contributed by atoms with Crippen LogP contribution in [0.2, 0.25) is 0 Å². The fraction of sp³-hybridized carbons (Fsp3) is 0.444. The summed E-state index contributed by atoms with van der Waals surface area (Å²) in [5.41, 5.74) is 1.87. The predicted octanol–water partition coefficient (Wildman–Crippen LogP) is 3.90. The second-order valence-corrected chi connectivity index (χ2v) is 9.56. The third-order valence-electron chi connectivity index (χ3n) is 6.98. The lowest BCUT2D eigenvalue weighted by atomic mass is 9.87. The number of carbonyl (C=O) groups excluding carboxylic acids is 2. The first-order valence-corrected chi connectivity index (χ1v) is 12.4.